The molecule has 1 heteroatoms. The van der Waals surface area contributed by atoms with Gasteiger partial charge < -0.3 is 5.41 Å². The molecule has 0 fully saturated rings. The van der Waals surface area contributed by atoms with Crippen molar-refractivity contribution in [3.63, 3.8) is 0 Å². The fourth-order valence-corrected chi connectivity index (χ4v) is 2.57. The van der Waals surface area contributed by atoms with E-state index in [4.69, 9.17) is 5.41 Å². The summed E-state index contributed by atoms with van der Waals surface area (Å²) in [4.78, 5) is 0. The smallest absolute Gasteiger partial charge is 0.0389 e. The van der Waals surface area contributed by atoms with Gasteiger partial charge >= 0.3 is 0 Å². The van der Waals surface area contributed by atoms with E-state index in [0.29, 0.717) is 5.71 Å². The molecule has 0 aliphatic carbocycles. The summed E-state index contributed by atoms with van der Waals surface area (Å²) in [5, 5.41) is 8.22. The number of aryl methyl sites for hydroxylation is 3. The Bertz CT molecular complexity index is 723. The van der Waals surface area contributed by atoms with Crippen molar-refractivity contribution in [1.29, 1.82) is 5.41 Å². The Morgan fingerprint density at radius 1 is 0.909 bits per heavy atom. The normalized spacial score (nSPS) is 10.5. The fraction of sp³-hybridized carbons (Fsp3) is 0.286. The third kappa shape index (κ3) is 3.73. The van der Waals surface area contributed by atoms with E-state index < -0.39 is 0 Å². The average Bonchev–Trinajstić information content (AvgIpc) is 2.47. The fourth-order valence-electron chi connectivity index (χ4n) is 2.57. The molecule has 22 heavy (non-hydrogen) atoms. The molecular formula is C21H25N. The van der Waals surface area contributed by atoms with Crippen LogP contribution in [-0.2, 0) is 0 Å². The summed E-state index contributed by atoms with van der Waals surface area (Å²) in [6.07, 6.45) is 1.65. The van der Waals surface area contributed by atoms with E-state index in [-0.39, 0.29) is 0 Å². The summed E-state index contributed by atoms with van der Waals surface area (Å²) >= 11 is 0. The monoisotopic (exact) mass is 291 g/mol. The van der Waals surface area contributed by atoms with Crippen molar-refractivity contribution in [1.82, 2.24) is 0 Å². The van der Waals surface area contributed by atoms with Crippen LogP contribution in [0.4, 0.5) is 0 Å². The molecule has 0 aliphatic rings. The third-order valence-corrected chi connectivity index (χ3v) is 4.19. The molecule has 2 aromatic carbocycles. The molecule has 0 amide bonds. The lowest BCUT2D eigenvalue weighted by atomic mass is 9.94. The van der Waals surface area contributed by atoms with Crippen LogP contribution in [-0.4, -0.2) is 5.71 Å². The maximum Gasteiger partial charge on any atom is 0.0389 e. The number of hydrogen-bond acceptors (Lipinski definition) is 1. The Kier molecular flexibility index (Phi) is 4.97. The molecule has 114 valence electrons. The van der Waals surface area contributed by atoms with Crippen molar-refractivity contribution in [3.05, 3.63) is 70.8 Å². The number of hydrogen-bond donors (Lipinski definition) is 1. The van der Waals surface area contributed by atoms with E-state index in [1.807, 2.05) is 6.92 Å². The van der Waals surface area contributed by atoms with Crippen molar-refractivity contribution in [2.45, 2.75) is 40.5 Å². The van der Waals surface area contributed by atoms with Crippen LogP contribution in [0.2, 0.25) is 0 Å². The first-order valence-corrected chi connectivity index (χ1v) is 7.79. The molecule has 0 aliphatic heterocycles. The largest absolute Gasteiger partial charge is 0.305 e. The SMILES string of the molecule is C=C(C)CCC(=N)c1ccc(-c2ccc(C)c(C)c2)c(C)c1. The number of allylic oxidation sites excluding steroid dienone is 1. The molecule has 2 aromatic rings. The molecule has 0 aromatic heterocycles. The zero-order valence-corrected chi connectivity index (χ0v) is 14.1. The van der Waals surface area contributed by atoms with Gasteiger partial charge in [0.25, 0.3) is 0 Å². The maximum absolute atomic E-state index is 8.22. The van der Waals surface area contributed by atoms with Gasteiger partial charge in [0.2, 0.25) is 0 Å². The molecule has 0 radical (unpaired) electrons. The number of rotatable bonds is 5. The van der Waals surface area contributed by atoms with Crippen LogP contribution in [0.25, 0.3) is 11.1 Å². The van der Waals surface area contributed by atoms with Crippen LogP contribution < -0.4 is 0 Å². The molecule has 0 spiro atoms. The summed E-state index contributed by atoms with van der Waals surface area (Å²) in [5.41, 5.74) is 9.20. The zero-order chi connectivity index (χ0) is 16.3. The second-order valence-electron chi connectivity index (χ2n) is 6.26. The van der Waals surface area contributed by atoms with Crippen molar-refractivity contribution >= 4 is 5.71 Å². The van der Waals surface area contributed by atoms with E-state index in [1.54, 1.807) is 0 Å². The molecular weight excluding hydrogens is 266 g/mol. The predicted molar refractivity (Wildman–Crippen MR) is 97.0 cm³/mol. The van der Waals surface area contributed by atoms with E-state index in [1.165, 1.54) is 27.8 Å². The Morgan fingerprint density at radius 3 is 2.23 bits per heavy atom. The second-order valence-corrected chi connectivity index (χ2v) is 6.26. The molecule has 0 unspecified atom stereocenters. The van der Waals surface area contributed by atoms with Crippen LogP contribution in [0.15, 0.2) is 48.6 Å². The van der Waals surface area contributed by atoms with Gasteiger partial charge in [-0.25, -0.2) is 0 Å². The Hall–Kier alpha value is -2.15. The minimum Gasteiger partial charge on any atom is -0.305 e. The highest BCUT2D eigenvalue weighted by molar-refractivity contribution is 5.99. The van der Waals surface area contributed by atoms with Gasteiger partial charge in [-0.05, 0) is 80.0 Å². The van der Waals surface area contributed by atoms with Gasteiger partial charge in [-0.15, -0.1) is 6.58 Å². The predicted octanol–water partition coefficient (Wildman–Crippen LogP) is 6.00. The summed E-state index contributed by atoms with van der Waals surface area (Å²) < 4.78 is 0. The van der Waals surface area contributed by atoms with Crippen molar-refractivity contribution in [3.8, 4) is 11.1 Å². The molecule has 0 bridgehead atoms. The highest BCUT2D eigenvalue weighted by atomic mass is 14.4. The highest BCUT2D eigenvalue weighted by Crippen LogP contribution is 2.26. The van der Waals surface area contributed by atoms with Crippen molar-refractivity contribution < 1.29 is 0 Å². The van der Waals surface area contributed by atoms with Gasteiger partial charge in [0.05, 0.1) is 0 Å². The summed E-state index contributed by atoms with van der Waals surface area (Å²) in [6.45, 7) is 12.3. The Labute approximate surface area is 134 Å². The van der Waals surface area contributed by atoms with E-state index in [9.17, 15) is 0 Å². The van der Waals surface area contributed by atoms with Crippen LogP contribution >= 0.6 is 0 Å². The number of benzene rings is 2. The lowest BCUT2D eigenvalue weighted by molar-refractivity contribution is 1.01. The first-order valence-electron chi connectivity index (χ1n) is 7.79. The highest BCUT2D eigenvalue weighted by Gasteiger charge is 2.07. The van der Waals surface area contributed by atoms with Gasteiger partial charge in [-0.3, -0.25) is 0 Å². The van der Waals surface area contributed by atoms with Crippen LogP contribution in [0.5, 0.6) is 0 Å². The lowest BCUT2D eigenvalue weighted by Gasteiger charge is -2.11. The molecule has 0 saturated carbocycles. The minimum atomic E-state index is 0.692. The van der Waals surface area contributed by atoms with E-state index in [0.717, 1.165) is 24.0 Å². The summed E-state index contributed by atoms with van der Waals surface area (Å²) in [7, 11) is 0. The zero-order valence-electron chi connectivity index (χ0n) is 14.1. The van der Waals surface area contributed by atoms with Gasteiger partial charge in [0.15, 0.2) is 0 Å². The molecule has 1 N–H and O–H groups in total. The van der Waals surface area contributed by atoms with Crippen molar-refractivity contribution in [2.24, 2.45) is 0 Å². The molecule has 1 nitrogen and oxygen atoms in total. The van der Waals surface area contributed by atoms with E-state index in [2.05, 4.69) is 63.7 Å². The Morgan fingerprint density at radius 2 is 1.64 bits per heavy atom. The van der Waals surface area contributed by atoms with Gasteiger partial charge in [0, 0.05) is 5.71 Å². The summed E-state index contributed by atoms with van der Waals surface area (Å²) in [6, 6.07) is 12.9. The summed E-state index contributed by atoms with van der Waals surface area (Å²) in [5.74, 6) is 0. The quantitative estimate of drug-likeness (QED) is 0.516. The minimum absolute atomic E-state index is 0.692. The van der Waals surface area contributed by atoms with Gasteiger partial charge in [-0.2, -0.15) is 0 Å². The third-order valence-electron chi connectivity index (χ3n) is 4.19. The van der Waals surface area contributed by atoms with Crippen molar-refractivity contribution in [2.75, 3.05) is 0 Å². The topological polar surface area (TPSA) is 23.9 Å². The maximum atomic E-state index is 8.22. The lowest BCUT2D eigenvalue weighted by Crippen LogP contribution is -2.00. The van der Waals surface area contributed by atoms with Gasteiger partial charge in [0.1, 0.15) is 0 Å². The first kappa shape index (κ1) is 16.2. The van der Waals surface area contributed by atoms with Gasteiger partial charge in [-0.1, -0.05) is 35.9 Å². The average molecular weight is 291 g/mol. The molecule has 0 saturated heterocycles. The molecule has 0 atom stereocenters. The molecule has 2 rings (SSSR count). The molecule has 0 heterocycles. The standard InChI is InChI=1S/C21H25N/c1-14(2)6-11-21(22)19-9-10-20(17(5)13-19)18-8-7-15(3)16(4)12-18/h7-10,12-13,22H,1,6,11H2,2-5H3. The Balaban J connectivity index is 2.27. The first-order chi connectivity index (χ1) is 10.4. The second kappa shape index (κ2) is 6.74. The van der Waals surface area contributed by atoms with Crippen LogP contribution in [0, 0.1) is 26.2 Å². The van der Waals surface area contributed by atoms with Crippen LogP contribution in [0.1, 0.15) is 42.0 Å². The van der Waals surface area contributed by atoms with E-state index >= 15 is 0 Å². The van der Waals surface area contributed by atoms with Crippen LogP contribution in [0.3, 0.4) is 0 Å². The number of nitrogens with one attached hydrogen (secondary N) is 1.